The van der Waals surface area contributed by atoms with Gasteiger partial charge in [-0.1, -0.05) is 66.2 Å². The maximum Gasteiger partial charge on any atom is 0.220 e. The summed E-state index contributed by atoms with van der Waals surface area (Å²) >= 11 is 6.00. The molecule has 0 aromatic heterocycles. The van der Waals surface area contributed by atoms with Crippen molar-refractivity contribution in [2.45, 2.75) is 44.2 Å². The number of nitrogens with one attached hydrogen (secondary N) is 2. The molecule has 154 valence electrons. The summed E-state index contributed by atoms with van der Waals surface area (Å²) in [7, 11) is 0. The zero-order valence-electron chi connectivity index (χ0n) is 16.8. The van der Waals surface area contributed by atoms with Crippen molar-refractivity contribution in [3.05, 3.63) is 82.9 Å². The zero-order chi connectivity index (χ0) is 21.0. The van der Waals surface area contributed by atoms with E-state index in [0.717, 1.165) is 18.4 Å². The minimum Gasteiger partial charge on any atom is -0.352 e. The predicted molar refractivity (Wildman–Crippen MR) is 120 cm³/mol. The highest BCUT2D eigenvalue weighted by Gasteiger charge is 2.37. The van der Waals surface area contributed by atoms with Crippen LogP contribution < -0.4 is 10.6 Å². The number of amides is 2. The summed E-state index contributed by atoms with van der Waals surface area (Å²) in [6.45, 7) is 0.448. The van der Waals surface area contributed by atoms with Gasteiger partial charge in [-0.05, 0) is 53.3 Å². The summed E-state index contributed by atoms with van der Waals surface area (Å²) in [5.74, 6) is 0.0455. The van der Waals surface area contributed by atoms with Gasteiger partial charge in [0.15, 0.2) is 0 Å². The summed E-state index contributed by atoms with van der Waals surface area (Å²) in [4.78, 5) is 24.5. The molecule has 0 spiro atoms. The number of fused-ring (bicyclic) bond motifs is 1. The van der Waals surface area contributed by atoms with Gasteiger partial charge in [-0.15, -0.1) is 0 Å². The molecule has 2 N–H and O–H groups in total. The van der Waals surface area contributed by atoms with Gasteiger partial charge in [0.1, 0.15) is 0 Å². The highest BCUT2D eigenvalue weighted by Crippen LogP contribution is 2.30. The van der Waals surface area contributed by atoms with Crippen LogP contribution in [-0.4, -0.2) is 17.4 Å². The van der Waals surface area contributed by atoms with Crippen LogP contribution in [-0.2, 0) is 22.6 Å². The molecule has 3 aromatic rings. The molecular formula is C25H25ClN2O2. The number of carbonyl (C=O) groups is 2. The maximum absolute atomic E-state index is 12.5. The molecule has 1 aliphatic heterocycles. The molecule has 3 aromatic carbocycles. The quantitative estimate of drug-likeness (QED) is 0.577. The van der Waals surface area contributed by atoms with Gasteiger partial charge in [0.2, 0.25) is 11.8 Å². The van der Waals surface area contributed by atoms with Crippen molar-refractivity contribution in [2.75, 3.05) is 0 Å². The van der Waals surface area contributed by atoms with Gasteiger partial charge in [-0.3, -0.25) is 9.59 Å². The number of benzene rings is 3. The summed E-state index contributed by atoms with van der Waals surface area (Å²) in [6.07, 6.45) is 2.98. The topological polar surface area (TPSA) is 58.2 Å². The van der Waals surface area contributed by atoms with Crippen molar-refractivity contribution < 1.29 is 9.59 Å². The van der Waals surface area contributed by atoms with E-state index < -0.39 is 0 Å². The average molecular weight is 421 g/mol. The lowest BCUT2D eigenvalue weighted by molar-refractivity contribution is -0.122. The van der Waals surface area contributed by atoms with Gasteiger partial charge in [-0.25, -0.2) is 0 Å². The fraction of sp³-hybridized carbons (Fsp3) is 0.280. The lowest BCUT2D eigenvalue weighted by Gasteiger charge is -2.29. The van der Waals surface area contributed by atoms with E-state index in [2.05, 4.69) is 41.0 Å². The van der Waals surface area contributed by atoms with Crippen LogP contribution in [0.3, 0.4) is 0 Å². The van der Waals surface area contributed by atoms with E-state index in [1.807, 2.05) is 36.4 Å². The van der Waals surface area contributed by atoms with Gasteiger partial charge in [0.05, 0.1) is 0 Å². The molecule has 5 heteroatoms. The van der Waals surface area contributed by atoms with Gasteiger partial charge in [0, 0.05) is 29.9 Å². The molecule has 1 fully saturated rings. The Hall–Kier alpha value is -2.85. The Morgan fingerprint density at radius 3 is 2.60 bits per heavy atom. The van der Waals surface area contributed by atoms with Crippen molar-refractivity contribution in [3.63, 3.8) is 0 Å². The van der Waals surface area contributed by atoms with Crippen molar-refractivity contribution in [1.29, 1.82) is 0 Å². The Morgan fingerprint density at radius 2 is 1.83 bits per heavy atom. The van der Waals surface area contributed by atoms with E-state index in [1.54, 1.807) is 0 Å². The standard InChI is InChI=1S/C25H25ClN2O2/c26-22-7-3-4-19(15-22)17-27-23(29)10-12-25(13-11-24(30)28-25)16-18-8-9-20-5-1-2-6-21(20)14-18/h1-9,14-15H,10-13,16-17H2,(H,27,29)(H,28,30). The SMILES string of the molecule is O=C(CCC1(Cc2ccc3ccccc3c2)CCC(=O)N1)NCc1cccc(Cl)c1. The second-order valence-electron chi connectivity index (χ2n) is 8.09. The Bertz CT molecular complexity index is 1080. The van der Waals surface area contributed by atoms with Crippen LogP contribution in [0, 0.1) is 0 Å². The first-order valence-corrected chi connectivity index (χ1v) is 10.7. The Labute approximate surface area is 181 Å². The molecule has 1 saturated heterocycles. The zero-order valence-corrected chi connectivity index (χ0v) is 17.5. The number of halogens is 1. The number of hydrogen-bond acceptors (Lipinski definition) is 2. The molecule has 2 amide bonds. The lowest BCUT2D eigenvalue weighted by Crippen LogP contribution is -2.44. The van der Waals surface area contributed by atoms with Gasteiger partial charge >= 0.3 is 0 Å². The molecule has 0 radical (unpaired) electrons. The molecule has 1 aliphatic rings. The normalized spacial score (nSPS) is 18.4. The number of carbonyl (C=O) groups excluding carboxylic acids is 2. The van der Waals surface area contributed by atoms with Gasteiger partial charge in [0.25, 0.3) is 0 Å². The first-order chi connectivity index (χ1) is 14.5. The third kappa shape index (κ3) is 5.00. The fourth-order valence-electron chi connectivity index (χ4n) is 4.21. The van der Waals surface area contributed by atoms with Crippen LogP contribution >= 0.6 is 11.6 Å². The number of hydrogen-bond donors (Lipinski definition) is 2. The van der Waals surface area contributed by atoms with E-state index in [0.29, 0.717) is 30.8 Å². The van der Waals surface area contributed by atoms with E-state index in [4.69, 9.17) is 11.6 Å². The Morgan fingerprint density at radius 1 is 1.00 bits per heavy atom. The second kappa shape index (κ2) is 8.88. The molecule has 1 heterocycles. The van der Waals surface area contributed by atoms with Crippen molar-refractivity contribution in [3.8, 4) is 0 Å². The van der Waals surface area contributed by atoms with Gasteiger partial charge in [-0.2, -0.15) is 0 Å². The van der Waals surface area contributed by atoms with Crippen LogP contribution in [0.25, 0.3) is 10.8 Å². The molecule has 1 atom stereocenters. The minimum absolute atomic E-state index is 0.0194. The lowest BCUT2D eigenvalue weighted by atomic mass is 9.84. The highest BCUT2D eigenvalue weighted by atomic mass is 35.5. The molecule has 4 rings (SSSR count). The summed E-state index contributed by atoms with van der Waals surface area (Å²) in [5.41, 5.74) is 1.78. The van der Waals surface area contributed by atoms with Crippen LogP contribution in [0.15, 0.2) is 66.7 Å². The van der Waals surface area contributed by atoms with E-state index in [9.17, 15) is 9.59 Å². The summed E-state index contributed by atoms with van der Waals surface area (Å²) in [6, 6.07) is 22.1. The maximum atomic E-state index is 12.5. The third-order valence-electron chi connectivity index (χ3n) is 5.80. The molecule has 0 saturated carbocycles. The molecule has 30 heavy (non-hydrogen) atoms. The summed E-state index contributed by atoms with van der Waals surface area (Å²) < 4.78 is 0. The van der Waals surface area contributed by atoms with Crippen LogP contribution in [0.4, 0.5) is 0 Å². The second-order valence-corrected chi connectivity index (χ2v) is 8.53. The largest absolute Gasteiger partial charge is 0.352 e. The van der Waals surface area contributed by atoms with Crippen LogP contribution in [0.5, 0.6) is 0 Å². The average Bonchev–Trinajstić information content (AvgIpc) is 3.11. The molecule has 1 unspecified atom stereocenters. The Balaban J connectivity index is 1.40. The first-order valence-electron chi connectivity index (χ1n) is 10.3. The minimum atomic E-state index is -0.368. The van der Waals surface area contributed by atoms with Crippen LogP contribution in [0.2, 0.25) is 5.02 Å². The van der Waals surface area contributed by atoms with Crippen molar-refractivity contribution in [2.24, 2.45) is 0 Å². The summed E-state index contributed by atoms with van der Waals surface area (Å²) in [5, 5.41) is 9.17. The van der Waals surface area contributed by atoms with Gasteiger partial charge < -0.3 is 10.6 Å². The third-order valence-corrected chi connectivity index (χ3v) is 6.04. The van der Waals surface area contributed by atoms with E-state index in [1.165, 1.54) is 16.3 Å². The Kier molecular flexibility index (Phi) is 6.05. The van der Waals surface area contributed by atoms with Crippen LogP contribution in [0.1, 0.15) is 36.8 Å². The fourth-order valence-corrected chi connectivity index (χ4v) is 4.42. The van der Waals surface area contributed by atoms with Crippen molar-refractivity contribution >= 4 is 34.2 Å². The van der Waals surface area contributed by atoms with Crippen molar-refractivity contribution in [1.82, 2.24) is 10.6 Å². The monoisotopic (exact) mass is 420 g/mol. The highest BCUT2D eigenvalue weighted by molar-refractivity contribution is 6.30. The van der Waals surface area contributed by atoms with E-state index >= 15 is 0 Å². The smallest absolute Gasteiger partial charge is 0.220 e. The predicted octanol–water partition coefficient (Wildman–Crippen LogP) is 4.78. The van der Waals surface area contributed by atoms with E-state index in [-0.39, 0.29) is 17.4 Å². The number of rotatable bonds is 7. The molecule has 4 nitrogen and oxygen atoms in total. The molecule has 0 bridgehead atoms. The molecule has 0 aliphatic carbocycles. The first kappa shape index (κ1) is 20.4. The molecular weight excluding hydrogens is 396 g/mol.